The maximum Gasteiger partial charge on any atom is 0.271 e. The molecule has 26 heavy (non-hydrogen) atoms. The summed E-state index contributed by atoms with van der Waals surface area (Å²) in [7, 11) is 0. The zero-order valence-corrected chi connectivity index (χ0v) is 14.5. The van der Waals surface area contributed by atoms with Crippen molar-refractivity contribution < 1.29 is 4.79 Å². The summed E-state index contributed by atoms with van der Waals surface area (Å²) in [5.74, 6) is 0.309. The van der Waals surface area contributed by atoms with Crippen LogP contribution in [0, 0.1) is 0 Å². The molecule has 0 spiro atoms. The highest BCUT2D eigenvalue weighted by Crippen LogP contribution is 2.10. The van der Waals surface area contributed by atoms with E-state index in [9.17, 15) is 9.59 Å². The minimum atomic E-state index is -0.342. The van der Waals surface area contributed by atoms with Crippen LogP contribution in [0.5, 0.6) is 0 Å². The average molecular weight is 352 g/mol. The highest BCUT2D eigenvalue weighted by molar-refractivity contribution is 5.91. The van der Waals surface area contributed by atoms with E-state index in [2.05, 4.69) is 20.5 Å². The Balaban J connectivity index is 1.73. The Morgan fingerprint density at radius 3 is 2.85 bits per heavy atom. The van der Waals surface area contributed by atoms with Crippen molar-refractivity contribution in [1.29, 1.82) is 0 Å². The molecule has 0 unspecified atom stereocenters. The molecular formula is C18H20N6O2. The third-order valence-electron chi connectivity index (χ3n) is 3.85. The second kappa shape index (κ2) is 8.19. The molecule has 0 saturated carbocycles. The number of amides is 1. The predicted molar refractivity (Wildman–Crippen MR) is 95.9 cm³/mol. The van der Waals surface area contributed by atoms with Gasteiger partial charge in [-0.3, -0.25) is 9.59 Å². The Morgan fingerprint density at radius 1 is 1.19 bits per heavy atom. The van der Waals surface area contributed by atoms with Gasteiger partial charge in [0.15, 0.2) is 5.82 Å². The lowest BCUT2D eigenvalue weighted by Crippen LogP contribution is -2.29. The lowest BCUT2D eigenvalue weighted by atomic mass is 10.2. The largest absolute Gasteiger partial charge is 0.346 e. The van der Waals surface area contributed by atoms with Crippen molar-refractivity contribution in [3.05, 3.63) is 70.5 Å². The molecule has 0 saturated heterocycles. The Morgan fingerprint density at radius 2 is 2.08 bits per heavy atom. The topological polar surface area (TPSA) is 94.7 Å². The smallest absolute Gasteiger partial charge is 0.271 e. The van der Waals surface area contributed by atoms with Crippen LogP contribution in [0.1, 0.15) is 35.8 Å². The summed E-state index contributed by atoms with van der Waals surface area (Å²) in [6.45, 7) is 2.81. The minimum absolute atomic E-state index is 0.205. The van der Waals surface area contributed by atoms with Crippen molar-refractivity contribution in [1.82, 2.24) is 29.9 Å². The average Bonchev–Trinajstić information content (AvgIpc) is 3.20. The lowest BCUT2D eigenvalue weighted by Gasteiger charge is -2.10. The van der Waals surface area contributed by atoms with Crippen LogP contribution in [0.15, 0.2) is 53.7 Å². The van der Waals surface area contributed by atoms with Gasteiger partial charge in [-0.1, -0.05) is 19.4 Å². The number of rotatable bonds is 7. The zero-order chi connectivity index (χ0) is 18.4. The van der Waals surface area contributed by atoms with Gasteiger partial charge in [0.2, 0.25) is 0 Å². The molecule has 8 nitrogen and oxygen atoms in total. The van der Waals surface area contributed by atoms with E-state index in [0.717, 1.165) is 18.4 Å². The molecule has 0 fully saturated rings. The van der Waals surface area contributed by atoms with E-state index in [1.807, 2.05) is 13.0 Å². The Bertz CT molecular complexity index is 933. The first-order valence-electron chi connectivity index (χ1n) is 8.49. The third kappa shape index (κ3) is 4.02. The second-order valence-corrected chi connectivity index (χ2v) is 5.75. The monoisotopic (exact) mass is 352 g/mol. The van der Waals surface area contributed by atoms with E-state index in [0.29, 0.717) is 12.4 Å². The molecule has 8 heteroatoms. The van der Waals surface area contributed by atoms with E-state index < -0.39 is 0 Å². The number of hydrogen-bond acceptors (Lipinski definition) is 5. The van der Waals surface area contributed by atoms with Crippen LogP contribution in [0.4, 0.5) is 0 Å². The highest BCUT2D eigenvalue weighted by atomic mass is 16.2. The molecule has 0 aliphatic rings. The molecule has 0 radical (unpaired) electrons. The van der Waals surface area contributed by atoms with Crippen LogP contribution in [-0.4, -0.2) is 30.5 Å². The van der Waals surface area contributed by atoms with Crippen LogP contribution in [0.3, 0.4) is 0 Å². The first-order valence-corrected chi connectivity index (χ1v) is 8.49. The summed E-state index contributed by atoms with van der Waals surface area (Å²) in [4.78, 5) is 28.5. The quantitative estimate of drug-likeness (QED) is 0.696. The number of hydrogen-bond donors (Lipinski definition) is 1. The van der Waals surface area contributed by atoms with Crippen LogP contribution >= 0.6 is 0 Å². The number of nitrogens with one attached hydrogen (secondary N) is 1. The molecule has 3 aromatic rings. The molecule has 0 bridgehead atoms. The van der Waals surface area contributed by atoms with Gasteiger partial charge in [-0.05, 0) is 24.6 Å². The number of unbranched alkanes of at least 4 members (excludes halogenated alkanes) is 1. The first-order chi connectivity index (χ1) is 12.7. The van der Waals surface area contributed by atoms with Crippen molar-refractivity contribution in [2.45, 2.75) is 32.9 Å². The number of aryl methyl sites for hydroxylation is 1. The van der Waals surface area contributed by atoms with Crippen LogP contribution in [0.2, 0.25) is 0 Å². The standard InChI is InChI=1S/C18H20N6O2/c1-2-3-11-23-16(25)8-7-15(22-23)18(26)20-13-14-6-4-9-19-17(14)24-12-5-10-21-24/h4-10,12H,2-3,11,13H2,1H3,(H,20,26). The van der Waals surface area contributed by atoms with Crippen LogP contribution < -0.4 is 10.9 Å². The van der Waals surface area contributed by atoms with Crippen molar-refractivity contribution in [2.24, 2.45) is 0 Å². The summed E-state index contributed by atoms with van der Waals surface area (Å²) in [5, 5.41) is 11.1. The van der Waals surface area contributed by atoms with E-state index in [1.54, 1.807) is 35.4 Å². The van der Waals surface area contributed by atoms with E-state index in [1.165, 1.54) is 16.8 Å². The number of nitrogens with zero attached hydrogens (tertiary/aromatic N) is 5. The molecule has 0 atom stereocenters. The lowest BCUT2D eigenvalue weighted by molar-refractivity contribution is 0.0943. The third-order valence-corrected chi connectivity index (χ3v) is 3.85. The number of aromatic nitrogens is 5. The highest BCUT2D eigenvalue weighted by Gasteiger charge is 2.12. The fraction of sp³-hybridized carbons (Fsp3) is 0.278. The molecule has 1 N–H and O–H groups in total. The molecule has 3 heterocycles. The van der Waals surface area contributed by atoms with Crippen LogP contribution in [0.25, 0.3) is 5.82 Å². The Hall–Kier alpha value is -3.29. The van der Waals surface area contributed by atoms with Crippen molar-refractivity contribution >= 4 is 5.91 Å². The first kappa shape index (κ1) is 17.5. The summed E-state index contributed by atoms with van der Waals surface area (Å²) < 4.78 is 2.97. The molecule has 3 aromatic heterocycles. The fourth-order valence-electron chi connectivity index (χ4n) is 2.47. The number of pyridine rings is 1. The minimum Gasteiger partial charge on any atom is -0.346 e. The maximum atomic E-state index is 12.4. The van der Waals surface area contributed by atoms with Gasteiger partial charge < -0.3 is 5.32 Å². The van der Waals surface area contributed by atoms with Crippen LogP contribution in [-0.2, 0) is 13.1 Å². The van der Waals surface area contributed by atoms with Crippen molar-refractivity contribution in [2.75, 3.05) is 0 Å². The van der Waals surface area contributed by atoms with Gasteiger partial charge in [0, 0.05) is 43.3 Å². The summed E-state index contributed by atoms with van der Waals surface area (Å²) in [6, 6.07) is 8.30. The summed E-state index contributed by atoms with van der Waals surface area (Å²) >= 11 is 0. The van der Waals surface area contributed by atoms with Gasteiger partial charge in [0.1, 0.15) is 5.69 Å². The normalized spacial score (nSPS) is 10.7. The SMILES string of the molecule is CCCCn1nc(C(=O)NCc2cccnc2-n2cccn2)ccc1=O. The molecule has 0 aliphatic heterocycles. The maximum absolute atomic E-state index is 12.4. The van der Waals surface area contributed by atoms with E-state index >= 15 is 0 Å². The van der Waals surface area contributed by atoms with Crippen molar-refractivity contribution in [3.8, 4) is 5.82 Å². The van der Waals surface area contributed by atoms with Gasteiger partial charge in [-0.25, -0.2) is 14.3 Å². The predicted octanol–water partition coefficient (Wildman–Crippen LogP) is 1.55. The molecule has 1 amide bonds. The number of carbonyl (C=O) groups is 1. The Kier molecular flexibility index (Phi) is 5.52. The molecule has 3 rings (SSSR count). The summed E-state index contributed by atoms with van der Waals surface area (Å²) in [5.41, 5.74) is 0.831. The number of carbonyl (C=O) groups excluding carboxylic acids is 1. The fourth-order valence-corrected chi connectivity index (χ4v) is 2.47. The molecular weight excluding hydrogens is 332 g/mol. The van der Waals surface area contributed by atoms with Gasteiger partial charge >= 0.3 is 0 Å². The van der Waals surface area contributed by atoms with E-state index in [-0.39, 0.29) is 23.7 Å². The van der Waals surface area contributed by atoms with Gasteiger partial charge in [-0.15, -0.1) is 0 Å². The molecule has 134 valence electrons. The molecule has 0 aliphatic carbocycles. The second-order valence-electron chi connectivity index (χ2n) is 5.75. The summed E-state index contributed by atoms with van der Waals surface area (Å²) in [6.07, 6.45) is 6.91. The zero-order valence-electron chi connectivity index (χ0n) is 14.5. The molecule has 0 aromatic carbocycles. The van der Waals surface area contributed by atoms with Gasteiger partial charge in [0.25, 0.3) is 11.5 Å². The van der Waals surface area contributed by atoms with Gasteiger partial charge in [0.05, 0.1) is 0 Å². The van der Waals surface area contributed by atoms with Gasteiger partial charge in [-0.2, -0.15) is 10.2 Å². The van der Waals surface area contributed by atoms with Crippen molar-refractivity contribution in [3.63, 3.8) is 0 Å². The van der Waals surface area contributed by atoms with E-state index in [4.69, 9.17) is 0 Å². The Labute approximate surface area is 150 Å².